The molecule has 0 spiro atoms. The average molecular weight is 748 g/mol. The van der Waals surface area contributed by atoms with Gasteiger partial charge in [0.2, 0.25) is 0 Å². The third-order valence-corrected chi connectivity index (χ3v) is 13.5. The van der Waals surface area contributed by atoms with Gasteiger partial charge in [-0.25, -0.2) is 0 Å². The largest absolute Gasteiger partial charge is 0.392 e. The van der Waals surface area contributed by atoms with Crippen LogP contribution < -0.4 is 5.73 Å². The summed E-state index contributed by atoms with van der Waals surface area (Å²) < 4.78 is 51.4. The van der Waals surface area contributed by atoms with Crippen LogP contribution in [0.15, 0.2) is 24.3 Å². The molecule has 7 saturated heterocycles. The molecule has 7 fully saturated rings. The van der Waals surface area contributed by atoms with Crippen molar-refractivity contribution < 1.29 is 52.9 Å². The fraction of sp³-hybridized carbons (Fsp3) is 0.878. The monoisotopic (exact) mass is 747 g/mol. The summed E-state index contributed by atoms with van der Waals surface area (Å²) in [4.78, 5) is 13.5. The fourth-order valence-electron chi connectivity index (χ4n) is 10.5. The molecule has 18 atom stereocenters. The number of rotatable bonds is 14. The molecular weight excluding hydrogens is 682 g/mol. The lowest BCUT2D eigenvalue weighted by molar-refractivity contribution is -0.277. The van der Waals surface area contributed by atoms with Gasteiger partial charge in [0.25, 0.3) is 0 Å². The lowest BCUT2D eigenvalue weighted by Crippen LogP contribution is -2.58. The maximum Gasteiger partial charge on any atom is 0.172 e. The zero-order valence-electron chi connectivity index (χ0n) is 32.3. The third kappa shape index (κ3) is 8.68. The van der Waals surface area contributed by atoms with Crippen molar-refractivity contribution in [3.63, 3.8) is 0 Å². The maximum absolute atomic E-state index is 13.5. The molecule has 12 nitrogen and oxygen atoms in total. The lowest BCUT2D eigenvalue weighted by Gasteiger charge is -2.47. The summed E-state index contributed by atoms with van der Waals surface area (Å²) >= 11 is 0. The number of carbonyl (C=O) groups excluding carboxylic acids is 1. The van der Waals surface area contributed by atoms with Crippen LogP contribution in [0.2, 0.25) is 0 Å². The van der Waals surface area contributed by atoms with Gasteiger partial charge in [-0.1, -0.05) is 20.1 Å². The van der Waals surface area contributed by atoms with Crippen LogP contribution in [0.1, 0.15) is 104 Å². The second-order valence-corrected chi connectivity index (χ2v) is 17.3. The van der Waals surface area contributed by atoms with Crippen LogP contribution in [-0.4, -0.2) is 127 Å². The Morgan fingerprint density at radius 2 is 1.74 bits per heavy atom. The van der Waals surface area contributed by atoms with E-state index in [1.165, 1.54) is 5.57 Å². The summed E-state index contributed by atoms with van der Waals surface area (Å²) in [7, 11) is 1.63. The molecular formula is C41H65NO11. The average Bonchev–Trinajstić information content (AvgIpc) is 3.72. The maximum atomic E-state index is 13.5. The number of nitrogens with two attached hydrogens (primary N) is 1. The topological polar surface area (TPSA) is 157 Å². The van der Waals surface area contributed by atoms with Crippen molar-refractivity contribution in [3.8, 4) is 0 Å². The summed E-state index contributed by atoms with van der Waals surface area (Å²) in [5.74, 6) is -0.503. The first-order chi connectivity index (χ1) is 25.3. The molecule has 0 radical (unpaired) electrons. The molecule has 0 aromatic carbocycles. The molecule has 0 aliphatic carbocycles. The Labute approximate surface area is 315 Å². The van der Waals surface area contributed by atoms with E-state index in [2.05, 4.69) is 27.0 Å². The van der Waals surface area contributed by atoms with Gasteiger partial charge >= 0.3 is 0 Å². The number of hydrogen-bond acceptors (Lipinski definition) is 12. The first kappa shape index (κ1) is 39.9. The lowest BCUT2D eigenvalue weighted by atomic mass is 9.85. The Bertz CT molecular complexity index is 1300. The van der Waals surface area contributed by atoms with E-state index in [9.17, 15) is 15.0 Å². The smallest absolute Gasteiger partial charge is 0.172 e. The molecule has 7 aliphatic heterocycles. The number of aliphatic hydroxyl groups excluding tert-OH is 2. The van der Waals surface area contributed by atoms with E-state index in [0.717, 1.165) is 44.1 Å². The Hall–Kier alpha value is -1.29. The Balaban J connectivity index is 0.924. The Kier molecular flexibility index (Phi) is 12.6. The SMILES string of the molecule is C=C1C[C@H](CC[C@]23C[C@@H](O)[C@H](O2)C2C[C@@H](O3)[C@H]3O[C@@H](CC(=O)C[C@@H]4[C@@H](OC)[C@@H](C[C@H](O)CN)O[C@H]4C)CC[C@@H]3O2)O[C@H]1CC[C@H]1C[C@@H](C)C(=C)[C@@H](C)O1. The first-order valence-corrected chi connectivity index (χ1v) is 20.4. The van der Waals surface area contributed by atoms with Crippen molar-refractivity contribution in [3.05, 3.63) is 24.3 Å². The Morgan fingerprint density at radius 3 is 2.49 bits per heavy atom. The van der Waals surface area contributed by atoms with Crippen molar-refractivity contribution in [1.82, 2.24) is 0 Å². The molecule has 0 saturated carbocycles. The van der Waals surface area contributed by atoms with Gasteiger partial charge in [0.15, 0.2) is 5.79 Å². The fourth-order valence-corrected chi connectivity index (χ4v) is 10.5. The molecule has 7 heterocycles. The van der Waals surface area contributed by atoms with E-state index in [4.69, 9.17) is 43.6 Å². The highest BCUT2D eigenvalue weighted by molar-refractivity contribution is 5.79. The quantitative estimate of drug-likeness (QED) is 0.220. The van der Waals surface area contributed by atoms with E-state index in [1.54, 1.807) is 7.11 Å². The standard InChI is InChI=1S/C41H65NO11/c1-21-13-28(47-24(4)23(21)3)7-9-33-22(2)14-30(49-33)11-12-41-19-32(45)39(53-41)36-18-37(52-41)40-34(51-36)10-8-29(50-40)15-26(43)16-31-25(5)48-35(38(31)46-6)17-27(44)20-42/h21,24-25,27-40,44-45H,2-3,7-20,42H2,1,4-6H3/t21-,24-,25+,27+,28+,29-,30+,31+,32-,33+,34+,35-,36?,37-,38-,39+,40+,41-/m1/s1. The molecule has 53 heavy (non-hydrogen) atoms. The van der Waals surface area contributed by atoms with Crippen molar-refractivity contribution in [1.29, 1.82) is 0 Å². The molecule has 4 N–H and O–H groups in total. The van der Waals surface area contributed by atoms with Crippen LogP contribution in [0, 0.1) is 11.8 Å². The minimum atomic E-state index is -0.955. The summed E-state index contributed by atoms with van der Waals surface area (Å²) in [6.07, 6.45) is 4.72. The van der Waals surface area contributed by atoms with Crippen LogP contribution in [0.3, 0.4) is 0 Å². The van der Waals surface area contributed by atoms with Crippen LogP contribution in [0.4, 0.5) is 0 Å². The molecule has 300 valence electrons. The summed E-state index contributed by atoms with van der Waals surface area (Å²) in [5.41, 5.74) is 7.94. The highest BCUT2D eigenvalue weighted by Crippen LogP contribution is 2.49. The summed E-state index contributed by atoms with van der Waals surface area (Å²) in [6, 6.07) is 0. The molecule has 4 bridgehead atoms. The van der Waals surface area contributed by atoms with E-state index in [-0.39, 0.29) is 91.5 Å². The van der Waals surface area contributed by atoms with E-state index in [0.29, 0.717) is 50.9 Å². The predicted molar refractivity (Wildman–Crippen MR) is 195 cm³/mol. The minimum absolute atomic E-state index is 0.00802. The molecule has 7 aliphatic rings. The number of Topliss-reactive ketones (excluding diaryl/α,β-unsaturated/α-hetero) is 1. The molecule has 1 unspecified atom stereocenters. The number of fused-ring (bicyclic) bond motifs is 7. The van der Waals surface area contributed by atoms with Crippen molar-refractivity contribution >= 4 is 5.78 Å². The second-order valence-electron chi connectivity index (χ2n) is 17.3. The van der Waals surface area contributed by atoms with Gasteiger partial charge < -0.3 is 53.8 Å². The summed E-state index contributed by atoms with van der Waals surface area (Å²) in [6.45, 7) is 15.0. The summed E-state index contributed by atoms with van der Waals surface area (Å²) in [5, 5.41) is 21.3. The van der Waals surface area contributed by atoms with Crippen LogP contribution in [-0.2, 0) is 42.7 Å². The third-order valence-electron chi connectivity index (χ3n) is 13.5. The zero-order valence-corrected chi connectivity index (χ0v) is 32.3. The zero-order chi connectivity index (χ0) is 37.6. The highest BCUT2D eigenvalue weighted by Gasteiger charge is 2.59. The number of aliphatic hydroxyl groups is 2. The number of hydrogen-bond donors (Lipinski definition) is 3. The van der Waals surface area contributed by atoms with Gasteiger partial charge in [-0.2, -0.15) is 0 Å². The predicted octanol–water partition coefficient (Wildman–Crippen LogP) is 4.06. The van der Waals surface area contributed by atoms with Crippen molar-refractivity contribution in [2.45, 2.75) is 202 Å². The van der Waals surface area contributed by atoms with E-state index in [1.807, 2.05) is 6.92 Å². The van der Waals surface area contributed by atoms with Crippen LogP contribution in [0.25, 0.3) is 0 Å². The number of ketones is 1. The van der Waals surface area contributed by atoms with Gasteiger partial charge in [-0.05, 0) is 75.9 Å². The van der Waals surface area contributed by atoms with Gasteiger partial charge in [0.05, 0.1) is 79.4 Å². The van der Waals surface area contributed by atoms with Gasteiger partial charge in [0, 0.05) is 58.1 Å². The van der Waals surface area contributed by atoms with Crippen LogP contribution in [0.5, 0.6) is 0 Å². The van der Waals surface area contributed by atoms with Crippen LogP contribution >= 0.6 is 0 Å². The number of carbonyl (C=O) groups is 1. The van der Waals surface area contributed by atoms with E-state index >= 15 is 0 Å². The number of ether oxygens (including phenoxy) is 8. The first-order valence-electron chi connectivity index (χ1n) is 20.4. The minimum Gasteiger partial charge on any atom is -0.392 e. The molecule has 0 aromatic rings. The van der Waals surface area contributed by atoms with Gasteiger partial charge in [-0.3, -0.25) is 4.79 Å². The Morgan fingerprint density at radius 1 is 0.925 bits per heavy atom. The molecule has 7 rings (SSSR count). The normalized spacial score (nSPS) is 47.4. The molecule has 0 amide bonds. The molecule has 12 heteroatoms. The molecule has 0 aromatic heterocycles. The van der Waals surface area contributed by atoms with Crippen molar-refractivity contribution in [2.24, 2.45) is 17.6 Å². The highest BCUT2D eigenvalue weighted by atomic mass is 16.7. The second kappa shape index (κ2) is 16.7. The van der Waals surface area contributed by atoms with Gasteiger partial charge in [0.1, 0.15) is 18.0 Å². The van der Waals surface area contributed by atoms with Crippen molar-refractivity contribution in [2.75, 3.05) is 13.7 Å². The van der Waals surface area contributed by atoms with Gasteiger partial charge in [-0.15, -0.1) is 0 Å². The number of methoxy groups -OCH3 is 1. The van der Waals surface area contributed by atoms with E-state index < -0.39 is 24.1 Å².